The number of hydrogen-bond donors (Lipinski definition) is 0. The lowest BCUT2D eigenvalue weighted by molar-refractivity contribution is 1.19. The fourth-order valence-corrected chi connectivity index (χ4v) is 3.49. The Balaban J connectivity index is 2.07. The van der Waals surface area contributed by atoms with Gasteiger partial charge in [0.15, 0.2) is 5.43 Å². The molecule has 0 fully saturated rings. The molecule has 2 aromatic carbocycles. The van der Waals surface area contributed by atoms with Gasteiger partial charge in [0, 0.05) is 32.1 Å². The van der Waals surface area contributed by atoms with Crippen molar-refractivity contribution in [2.45, 2.75) is 6.42 Å². The van der Waals surface area contributed by atoms with E-state index in [2.05, 4.69) is 0 Å². The molecule has 0 N–H and O–H groups in total. The van der Waals surface area contributed by atoms with E-state index in [0.717, 1.165) is 21.2 Å². The van der Waals surface area contributed by atoms with Gasteiger partial charge >= 0.3 is 0 Å². The molecule has 0 saturated heterocycles. The van der Waals surface area contributed by atoms with E-state index in [1.165, 1.54) is 0 Å². The second-order valence-corrected chi connectivity index (χ2v) is 6.25. The third-order valence-corrected chi connectivity index (χ3v) is 4.75. The summed E-state index contributed by atoms with van der Waals surface area (Å²) in [5.41, 5.74) is 1.75. The van der Waals surface area contributed by atoms with Crippen LogP contribution < -0.4 is 5.43 Å². The first kappa shape index (κ1) is 13.6. The Morgan fingerprint density at radius 1 is 1.00 bits per heavy atom. The third kappa shape index (κ3) is 2.59. The van der Waals surface area contributed by atoms with Crippen molar-refractivity contribution in [3.8, 4) is 0 Å². The van der Waals surface area contributed by atoms with E-state index < -0.39 is 0 Å². The van der Waals surface area contributed by atoms with Crippen LogP contribution in [0.5, 0.6) is 0 Å². The Morgan fingerprint density at radius 2 is 1.80 bits per heavy atom. The maximum atomic E-state index is 12.4. The maximum Gasteiger partial charge on any atom is 0.191 e. The molecular weight excluding hydrogens is 311 g/mol. The van der Waals surface area contributed by atoms with Gasteiger partial charge in [0.05, 0.1) is 0 Å². The van der Waals surface area contributed by atoms with Crippen molar-refractivity contribution in [1.29, 1.82) is 0 Å². The summed E-state index contributed by atoms with van der Waals surface area (Å²) in [6, 6.07) is 13.0. The van der Waals surface area contributed by atoms with Crippen LogP contribution in [0.15, 0.2) is 52.6 Å². The van der Waals surface area contributed by atoms with Gasteiger partial charge in [-0.05, 0) is 35.2 Å². The van der Waals surface area contributed by atoms with Crippen LogP contribution in [0.1, 0.15) is 11.1 Å². The summed E-state index contributed by atoms with van der Waals surface area (Å²) in [5.74, 6) is 0. The van der Waals surface area contributed by atoms with E-state index in [1.54, 1.807) is 23.5 Å². The Morgan fingerprint density at radius 3 is 2.60 bits per heavy atom. The summed E-state index contributed by atoms with van der Waals surface area (Å²) in [4.78, 5) is 12.4. The van der Waals surface area contributed by atoms with Gasteiger partial charge in [-0.25, -0.2) is 0 Å². The van der Waals surface area contributed by atoms with Gasteiger partial charge in [-0.15, -0.1) is 11.3 Å². The third-order valence-electron chi connectivity index (χ3n) is 3.15. The van der Waals surface area contributed by atoms with Crippen molar-refractivity contribution in [2.75, 3.05) is 0 Å². The van der Waals surface area contributed by atoms with Crippen molar-refractivity contribution in [3.05, 3.63) is 79.2 Å². The van der Waals surface area contributed by atoms with Gasteiger partial charge < -0.3 is 0 Å². The highest BCUT2D eigenvalue weighted by atomic mass is 35.5. The molecule has 0 aliphatic carbocycles. The lowest BCUT2D eigenvalue weighted by Crippen LogP contribution is -2.08. The number of halogens is 2. The lowest BCUT2D eigenvalue weighted by Gasteiger charge is -2.05. The van der Waals surface area contributed by atoms with Crippen LogP contribution in [0.25, 0.3) is 10.1 Å². The fourth-order valence-electron chi connectivity index (χ4n) is 2.11. The minimum absolute atomic E-state index is 0.0744. The molecule has 0 unspecified atom stereocenters. The first-order chi connectivity index (χ1) is 9.65. The number of hydrogen-bond acceptors (Lipinski definition) is 2. The van der Waals surface area contributed by atoms with Gasteiger partial charge in [0.2, 0.25) is 0 Å². The van der Waals surface area contributed by atoms with Crippen LogP contribution in [0, 0.1) is 0 Å². The van der Waals surface area contributed by atoms with Crippen molar-refractivity contribution >= 4 is 44.6 Å². The molecular formula is C16H10Cl2OS. The minimum atomic E-state index is 0.0744. The van der Waals surface area contributed by atoms with E-state index in [0.29, 0.717) is 16.5 Å². The highest BCUT2D eigenvalue weighted by Crippen LogP contribution is 2.24. The molecule has 0 amide bonds. The zero-order valence-corrected chi connectivity index (χ0v) is 12.7. The van der Waals surface area contributed by atoms with Crippen LogP contribution in [0.4, 0.5) is 0 Å². The zero-order chi connectivity index (χ0) is 14.1. The smallest absolute Gasteiger partial charge is 0.191 e. The molecule has 0 saturated carbocycles. The summed E-state index contributed by atoms with van der Waals surface area (Å²) in [6.07, 6.45) is 0.524. The summed E-state index contributed by atoms with van der Waals surface area (Å²) in [6.45, 7) is 0. The largest absolute Gasteiger partial charge is 0.289 e. The van der Waals surface area contributed by atoms with Gasteiger partial charge in [0.25, 0.3) is 0 Å². The topological polar surface area (TPSA) is 17.1 Å². The Kier molecular flexibility index (Phi) is 3.79. The molecule has 3 rings (SSSR count). The molecule has 0 atom stereocenters. The van der Waals surface area contributed by atoms with Crippen LogP contribution in [-0.2, 0) is 6.42 Å². The van der Waals surface area contributed by atoms with Gasteiger partial charge in [-0.1, -0.05) is 41.4 Å². The molecule has 0 spiro atoms. The van der Waals surface area contributed by atoms with Crippen LogP contribution >= 0.6 is 34.5 Å². The van der Waals surface area contributed by atoms with Crippen LogP contribution in [-0.4, -0.2) is 0 Å². The highest BCUT2D eigenvalue weighted by Gasteiger charge is 2.08. The molecule has 0 bridgehead atoms. The predicted molar refractivity (Wildman–Crippen MR) is 87.4 cm³/mol. The monoisotopic (exact) mass is 320 g/mol. The van der Waals surface area contributed by atoms with E-state index in [4.69, 9.17) is 23.2 Å². The summed E-state index contributed by atoms with van der Waals surface area (Å²) >= 11 is 13.6. The lowest BCUT2D eigenvalue weighted by atomic mass is 10.1. The average Bonchev–Trinajstić information content (AvgIpc) is 2.45. The van der Waals surface area contributed by atoms with Gasteiger partial charge in [-0.2, -0.15) is 0 Å². The molecule has 0 radical (unpaired) electrons. The summed E-state index contributed by atoms with van der Waals surface area (Å²) in [5, 5.41) is 3.87. The minimum Gasteiger partial charge on any atom is -0.289 e. The molecule has 1 heterocycles. The fraction of sp³-hybridized carbons (Fsp3) is 0.0625. The highest BCUT2D eigenvalue weighted by molar-refractivity contribution is 7.16. The summed E-state index contributed by atoms with van der Waals surface area (Å²) < 4.78 is 1.00. The van der Waals surface area contributed by atoms with Crippen molar-refractivity contribution in [3.63, 3.8) is 0 Å². The van der Waals surface area contributed by atoms with Crippen LogP contribution in [0.2, 0.25) is 10.0 Å². The first-order valence-electron chi connectivity index (χ1n) is 6.08. The standard InChI is InChI=1S/C16H10Cl2OS/c17-12-6-5-10(14(18)8-12)7-11-9-20-15-4-2-1-3-13(15)16(11)19/h1-6,8-9H,7H2. The van der Waals surface area contributed by atoms with Gasteiger partial charge in [-0.3, -0.25) is 4.79 Å². The number of benzene rings is 2. The molecule has 0 aliphatic rings. The number of fused-ring (bicyclic) bond motifs is 1. The van der Waals surface area contributed by atoms with Crippen molar-refractivity contribution in [2.24, 2.45) is 0 Å². The quantitative estimate of drug-likeness (QED) is 0.637. The molecule has 0 aliphatic heterocycles. The molecule has 20 heavy (non-hydrogen) atoms. The second kappa shape index (κ2) is 5.57. The van der Waals surface area contributed by atoms with Crippen molar-refractivity contribution < 1.29 is 0 Å². The maximum absolute atomic E-state index is 12.4. The summed E-state index contributed by atoms with van der Waals surface area (Å²) in [7, 11) is 0. The Hall–Kier alpha value is -1.35. The predicted octanol–water partition coefficient (Wildman–Crippen LogP) is 5.16. The van der Waals surface area contributed by atoms with E-state index in [9.17, 15) is 4.79 Å². The van der Waals surface area contributed by atoms with E-state index in [1.807, 2.05) is 35.7 Å². The second-order valence-electron chi connectivity index (χ2n) is 4.50. The molecule has 4 heteroatoms. The first-order valence-corrected chi connectivity index (χ1v) is 7.72. The number of rotatable bonds is 2. The van der Waals surface area contributed by atoms with E-state index >= 15 is 0 Å². The zero-order valence-electron chi connectivity index (χ0n) is 10.4. The Labute approximate surface area is 130 Å². The Bertz CT molecular complexity index is 839. The molecule has 3 aromatic rings. The molecule has 1 nitrogen and oxygen atoms in total. The SMILES string of the molecule is O=c1c(Cc2ccc(Cl)cc2Cl)csc2ccccc12. The van der Waals surface area contributed by atoms with E-state index in [-0.39, 0.29) is 5.43 Å². The molecule has 1 aromatic heterocycles. The van der Waals surface area contributed by atoms with Crippen molar-refractivity contribution in [1.82, 2.24) is 0 Å². The molecule has 100 valence electrons. The normalized spacial score (nSPS) is 10.9. The van der Waals surface area contributed by atoms with Gasteiger partial charge in [0.1, 0.15) is 0 Å². The van der Waals surface area contributed by atoms with Crippen LogP contribution in [0.3, 0.4) is 0 Å². The average molecular weight is 321 g/mol.